The number of ether oxygens (including phenoxy) is 1. The van der Waals surface area contributed by atoms with E-state index < -0.39 is 56.1 Å². The molecule has 0 bridgehead atoms. The number of nitrogens with one attached hydrogen (secondary N) is 1. The van der Waals surface area contributed by atoms with Crippen LogP contribution in [0.5, 0.6) is 0 Å². The lowest BCUT2D eigenvalue weighted by molar-refractivity contribution is -0.190. The summed E-state index contributed by atoms with van der Waals surface area (Å²) >= 11 is 0. The Morgan fingerprint density at radius 1 is 1.47 bits per heavy atom. The van der Waals surface area contributed by atoms with Gasteiger partial charge in [-0.1, -0.05) is 32.3 Å². The van der Waals surface area contributed by atoms with Crippen LogP contribution in [0.3, 0.4) is 0 Å². The van der Waals surface area contributed by atoms with Crippen LogP contribution >= 0.6 is 7.82 Å². The van der Waals surface area contributed by atoms with Crippen LogP contribution in [0.25, 0.3) is 10.4 Å². The molecule has 1 aliphatic heterocycles. The zero-order chi connectivity index (χ0) is 27.0. The average molecular weight is 532 g/mol. The summed E-state index contributed by atoms with van der Waals surface area (Å²) in [5.41, 5.74) is 7.86. The molecule has 0 aromatic carbocycles. The number of carbonyl (C=O) groups is 1. The van der Waals surface area contributed by atoms with Gasteiger partial charge in [0.05, 0.1) is 25.9 Å². The molecule has 15 nitrogen and oxygen atoms in total. The minimum atomic E-state index is -4.89. The van der Waals surface area contributed by atoms with E-state index in [1.807, 2.05) is 6.92 Å². The van der Waals surface area contributed by atoms with Crippen molar-refractivity contribution < 1.29 is 32.9 Å². The lowest BCUT2D eigenvalue weighted by Gasteiger charge is -2.30. The molecule has 36 heavy (non-hydrogen) atoms. The van der Waals surface area contributed by atoms with Crippen LogP contribution in [0.4, 0.5) is 0 Å². The van der Waals surface area contributed by atoms with Crippen LogP contribution in [-0.2, 0) is 28.0 Å². The second-order valence-corrected chi connectivity index (χ2v) is 10.0. The van der Waals surface area contributed by atoms with Crippen molar-refractivity contribution in [3.8, 4) is 0 Å². The Balaban J connectivity index is 2.11. The third-order valence-corrected chi connectivity index (χ3v) is 6.50. The fraction of sp³-hybridized carbons (Fsp3) is 0.750. The molecule has 0 spiro atoms. The normalized spacial score (nSPS) is 22.3. The Bertz CT molecular complexity index is 1120. The molecular formula is C20H33N6O9P. The number of azide groups is 1. The lowest BCUT2D eigenvalue weighted by Crippen LogP contribution is -2.45. The molecule has 1 unspecified atom stereocenters. The van der Waals surface area contributed by atoms with Crippen molar-refractivity contribution in [2.45, 2.75) is 71.4 Å². The van der Waals surface area contributed by atoms with E-state index in [9.17, 15) is 23.8 Å². The van der Waals surface area contributed by atoms with E-state index in [1.54, 1.807) is 13.8 Å². The average Bonchev–Trinajstić information content (AvgIpc) is 3.19. The van der Waals surface area contributed by atoms with Crippen LogP contribution in [0.1, 0.15) is 51.8 Å². The van der Waals surface area contributed by atoms with E-state index >= 15 is 0 Å². The van der Waals surface area contributed by atoms with Gasteiger partial charge in [-0.05, 0) is 24.8 Å². The fourth-order valence-electron chi connectivity index (χ4n) is 3.77. The molecule has 202 valence electrons. The summed E-state index contributed by atoms with van der Waals surface area (Å²) in [4.78, 5) is 56.9. The smallest absolute Gasteiger partial charge is 0.369 e. The number of phosphoric ester groups is 1. The van der Waals surface area contributed by atoms with Crippen LogP contribution in [0.2, 0.25) is 0 Å². The SMILES string of the molecule is CCCCN(OC)[C@H](C(=O)OP(=O)(O)OC[C@H]1O[C@@H](n2cc(C)c(=O)[nH]c2=O)C[C@@H]1N=[N+]=[N-])C(C)C. The van der Waals surface area contributed by atoms with Gasteiger partial charge in [0.25, 0.3) is 5.56 Å². The quantitative estimate of drug-likeness (QED) is 0.125. The first-order chi connectivity index (χ1) is 16.9. The van der Waals surface area contributed by atoms with Crippen molar-refractivity contribution >= 4 is 13.8 Å². The van der Waals surface area contributed by atoms with E-state index in [-0.39, 0.29) is 17.9 Å². The molecule has 2 rings (SSSR count). The molecule has 1 aromatic rings. The summed E-state index contributed by atoms with van der Waals surface area (Å²) in [5.74, 6) is -1.30. The third kappa shape index (κ3) is 7.74. The Morgan fingerprint density at radius 3 is 2.75 bits per heavy atom. The summed E-state index contributed by atoms with van der Waals surface area (Å²) in [6.45, 7) is 6.79. The number of hydrogen-bond acceptors (Lipinski definition) is 10. The van der Waals surface area contributed by atoms with Crippen LogP contribution in [0.15, 0.2) is 20.9 Å². The number of nitrogens with zero attached hydrogens (tertiary/aromatic N) is 5. The van der Waals surface area contributed by atoms with Gasteiger partial charge < -0.3 is 14.1 Å². The Hall–Kier alpha value is -2.51. The minimum Gasteiger partial charge on any atom is -0.369 e. The van der Waals surface area contributed by atoms with Gasteiger partial charge in [-0.2, -0.15) is 5.06 Å². The van der Waals surface area contributed by atoms with Gasteiger partial charge in [-0.15, -0.1) is 0 Å². The Kier molecular flexibility index (Phi) is 10.9. The molecule has 0 aliphatic carbocycles. The number of unbranched alkanes of at least 4 members (excludes halogenated alkanes) is 1. The minimum absolute atomic E-state index is 0.0364. The zero-order valence-corrected chi connectivity index (χ0v) is 21.8. The van der Waals surface area contributed by atoms with Crippen molar-refractivity contribution in [1.29, 1.82) is 0 Å². The number of aromatic amines is 1. The first kappa shape index (κ1) is 29.7. The summed E-state index contributed by atoms with van der Waals surface area (Å²) in [6.07, 6.45) is 0.945. The number of hydrogen-bond donors (Lipinski definition) is 2. The maximum absolute atomic E-state index is 12.7. The van der Waals surface area contributed by atoms with E-state index in [0.717, 1.165) is 17.4 Å². The maximum atomic E-state index is 12.7. The van der Waals surface area contributed by atoms with Gasteiger partial charge >= 0.3 is 19.5 Å². The molecule has 0 amide bonds. The largest absolute Gasteiger partial charge is 0.529 e. The second kappa shape index (κ2) is 13.2. The van der Waals surface area contributed by atoms with Crippen LogP contribution in [-0.4, -0.2) is 63.9 Å². The number of phosphoric acid groups is 1. The maximum Gasteiger partial charge on any atom is 0.529 e. The van der Waals surface area contributed by atoms with Crippen molar-refractivity contribution in [3.05, 3.63) is 43.0 Å². The number of carbonyl (C=O) groups excluding carboxylic acids is 1. The summed E-state index contributed by atoms with van der Waals surface area (Å²) in [7, 11) is -3.50. The van der Waals surface area contributed by atoms with E-state index in [0.29, 0.717) is 6.54 Å². The van der Waals surface area contributed by atoms with Gasteiger partial charge in [0.1, 0.15) is 12.3 Å². The molecule has 1 aromatic heterocycles. The predicted octanol–water partition coefficient (Wildman–Crippen LogP) is 2.16. The molecule has 1 fully saturated rings. The third-order valence-electron chi connectivity index (χ3n) is 5.62. The highest BCUT2D eigenvalue weighted by Crippen LogP contribution is 2.45. The van der Waals surface area contributed by atoms with E-state index in [2.05, 4.69) is 15.0 Å². The highest BCUT2D eigenvalue weighted by molar-refractivity contribution is 7.48. The second-order valence-electron chi connectivity index (χ2n) is 8.66. The van der Waals surface area contributed by atoms with E-state index in [4.69, 9.17) is 24.2 Å². The molecule has 2 heterocycles. The first-order valence-electron chi connectivity index (χ1n) is 11.5. The monoisotopic (exact) mass is 532 g/mol. The van der Waals surface area contributed by atoms with Gasteiger partial charge in [0, 0.05) is 29.6 Å². The van der Waals surface area contributed by atoms with Crippen molar-refractivity contribution in [2.24, 2.45) is 11.0 Å². The summed E-state index contributed by atoms with van der Waals surface area (Å²) < 4.78 is 29.2. The standard InChI is InChI=1S/C20H33N6O9P/c1-6-7-8-26(32-5)17(12(2)3)19(28)35-36(30,31)33-11-15-14(23-24-21)9-16(34-15)25-10-13(4)18(27)22-20(25)29/h10,12,14-17H,6-9,11H2,1-5H3,(H,30,31)(H,22,27,29)/t14-,15+,16+,17-/m0/s1. The number of rotatable bonds is 13. The van der Waals surface area contributed by atoms with Crippen LogP contribution in [0, 0.1) is 12.8 Å². The molecule has 2 N–H and O–H groups in total. The number of aromatic nitrogens is 2. The van der Waals surface area contributed by atoms with Gasteiger partial charge in [-0.3, -0.25) is 23.8 Å². The number of aryl methyl sites for hydroxylation is 1. The van der Waals surface area contributed by atoms with E-state index in [1.165, 1.54) is 25.3 Å². The zero-order valence-electron chi connectivity index (χ0n) is 20.9. The highest BCUT2D eigenvalue weighted by Gasteiger charge is 2.40. The Labute approximate surface area is 207 Å². The van der Waals surface area contributed by atoms with Crippen molar-refractivity contribution in [3.63, 3.8) is 0 Å². The number of H-pyrrole nitrogens is 1. The molecule has 0 radical (unpaired) electrons. The predicted molar refractivity (Wildman–Crippen MR) is 127 cm³/mol. The molecule has 1 saturated heterocycles. The molecule has 5 atom stereocenters. The van der Waals surface area contributed by atoms with Gasteiger partial charge in [0.2, 0.25) is 0 Å². The topological polar surface area (TPSA) is 198 Å². The van der Waals surface area contributed by atoms with Gasteiger partial charge in [-0.25, -0.2) is 14.2 Å². The summed E-state index contributed by atoms with van der Waals surface area (Å²) in [6, 6.07) is -1.82. The Morgan fingerprint density at radius 2 is 2.17 bits per heavy atom. The first-order valence-corrected chi connectivity index (χ1v) is 13.0. The lowest BCUT2D eigenvalue weighted by atomic mass is 10.0. The molecular weight excluding hydrogens is 499 g/mol. The van der Waals surface area contributed by atoms with Crippen molar-refractivity contribution in [1.82, 2.24) is 14.6 Å². The highest BCUT2D eigenvalue weighted by atomic mass is 31.2. The fourth-order valence-corrected chi connectivity index (χ4v) is 4.49. The molecule has 1 aliphatic rings. The summed E-state index contributed by atoms with van der Waals surface area (Å²) in [5, 5.41) is 5.00. The number of hydroxylamine groups is 2. The molecule has 0 saturated carbocycles. The van der Waals surface area contributed by atoms with Gasteiger partial charge in [0.15, 0.2) is 0 Å². The molecule has 16 heteroatoms. The van der Waals surface area contributed by atoms with Crippen LogP contribution < -0.4 is 11.2 Å². The van der Waals surface area contributed by atoms with Crippen molar-refractivity contribution in [2.75, 3.05) is 20.3 Å².